The van der Waals surface area contributed by atoms with Gasteiger partial charge in [0.2, 0.25) is 0 Å². The number of carbonyl (C=O) groups is 1. The summed E-state index contributed by atoms with van der Waals surface area (Å²) >= 11 is 2.70. The van der Waals surface area contributed by atoms with Crippen LogP contribution in [-0.4, -0.2) is 49.2 Å². The standard InChI is InChI=1S/C23H26FNO5S3/c1-4-9-25(10-11-31-18-6-7-20(15(2)12-18)30-14-22(26)27)33(28,29)23-16(3)19-13-17(24)5-8-21(19)32-23/h5-8,12-13H,4,9-11,14H2,1-3H3,(H,26,27). The molecule has 178 valence electrons. The first-order chi connectivity index (χ1) is 15.6. The van der Waals surface area contributed by atoms with Crippen LogP contribution in [0.3, 0.4) is 0 Å². The van der Waals surface area contributed by atoms with Crippen LogP contribution in [0, 0.1) is 19.7 Å². The van der Waals surface area contributed by atoms with Crippen molar-refractivity contribution in [2.24, 2.45) is 0 Å². The molecule has 0 saturated heterocycles. The zero-order valence-electron chi connectivity index (χ0n) is 18.6. The summed E-state index contributed by atoms with van der Waals surface area (Å²) in [4.78, 5) is 11.6. The second-order valence-electron chi connectivity index (χ2n) is 7.52. The molecule has 0 radical (unpaired) electrons. The second kappa shape index (κ2) is 10.9. The molecule has 0 aliphatic heterocycles. The molecule has 1 N–H and O–H groups in total. The van der Waals surface area contributed by atoms with Gasteiger partial charge in [-0.25, -0.2) is 17.6 Å². The Morgan fingerprint density at radius 2 is 1.94 bits per heavy atom. The van der Waals surface area contributed by atoms with Crippen molar-refractivity contribution in [2.75, 3.05) is 25.4 Å². The molecule has 33 heavy (non-hydrogen) atoms. The molecular weight excluding hydrogens is 485 g/mol. The highest BCUT2D eigenvalue weighted by Gasteiger charge is 2.28. The quantitative estimate of drug-likeness (QED) is 0.351. The van der Waals surface area contributed by atoms with Gasteiger partial charge >= 0.3 is 5.97 Å². The number of sulfonamides is 1. The number of halogens is 1. The number of aliphatic carboxylic acids is 1. The molecule has 0 spiro atoms. The molecule has 6 nitrogen and oxygen atoms in total. The minimum atomic E-state index is -3.71. The van der Waals surface area contributed by atoms with Crippen LogP contribution in [0.4, 0.5) is 4.39 Å². The number of hydrogen-bond donors (Lipinski definition) is 1. The molecule has 3 aromatic rings. The Bertz CT molecular complexity index is 1260. The molecular formula is C23H26FNO5S3. The van der Waals surface area contributed by atoms with E-state index in [1.165, 1.54) is 39.5 Å². The molecule has 0 unspecified atom stereocenters. The van der Waals surface area contributed by atoms with E-state index in [0.717, 1.165) is 15.2 Å². The number of nitrogens with zero attached hydrogens (tertiary/aromatic N) is 1. The summed E-state index contributed by atoms with van der Waals surface area (Å²) in [5.41, 5.74) is 1.39. The number of rotatable bonds is 11. The molecule has 0 amide bonds. The number of hydrogen-bond acceptors (Lipinski definition) is 6. The lowest BCUT2D eigenvalue weighted by molar-refractivity contribution is -0.139. The highest BCUT2D eigenvalue weighted by Crippen LogP contribution is 2.36. The monoisotopic (exact) mass is 511 g/mol. The van der Waals surface area contributed by atoms with Crippen molar-refractivity contribution in [1.82, 2.24) is 4.31 Å². The van der Waals surface area contributed by atoms with Gasteiger partial charge in [0, 0.05) is 28.4 Å². The van der Waals surface area contributed by atoms with E-state index in [0.29, 0.717) is 42.0 Å². The van der Waals surface area contributed by atoms with Crippen molar-refractivity contribution in [1.29, 1.82) is 0 Å². The largest absolute Gasteiger partial charge is 0.482 e. The summed E-state index contributed by atoms with van der Waals surface area (Å²) in [7, 11) is -3.71. The van der Waals surface area contributed by atoms with Crippen molar-refractivity contribution >= 4 is 49.2 Å². The zero-order valence-corrected chi connectivity index (χ0v) is 21.1. The van der Waals surface area contributed by atoms with Crippen LogP contribution in [0.15, 0.2) is 45.5 Å². The van der Waals surface area contributed by atoms with Gasteiger partial charge in [-0.1, -0.05) is 6.92 Å². The van der Waals surface area contributed by atoms with Crippen LogP contribution < -0.4 is 4.74 Å². The maximum atomic E-state index is 13.7. The Hall–Kier alpha value is -2.14. The summed E-state index contributed by atoms with van der Waals surface area (Å²) in [5.74, 6) is -0.367. The number of benzene rings is 2. The molecule has 2 aromatic carbocycles. The summed E-state index contributed by atoms with van der Waals surface area (Å²) in [5, 5.41) is 9.38. The fourth-order valence-corrected chi connectivity index (χ4v) is 7.91. The number of ether oxygens (including phenoxy) is 1. The van der Waals surface area contributed by atoms with E-state index in [9.17, 15) is 17.6 Å². The van der Waals surface area contributed by atoms with Gasteiger partial charge in [0.1, 0.15) is 15.8 Å². The molecule has 1 aromatic heterocycles. The first-order valence-corrected chi connectivity index (χ1v) is 13.6. The van der Waals surface area contributed by atoms with E-state index < -0.39 is 22.6 Å². The normalized spacial score (nSPS) is 11.9. The fraction of sp³-hybridized carbons (Fsp3) is 0.348. The molecule has 10 heteroatoms. The molecule has 0 atom stereocenters. The van der Waals surface area contributed by atoms with Gasteiger partial charge in [0.05, 0.1) is 0 Å². The lowest BCUT2D eigenvalue weighted by atomic mass is 10.2. The van der Waals surface area contributed by atoms with Gasteiger partial charge in [-0.15, -0.1) is 23.1 Å². The van der Waals surface area contributed by atoms with Gasteiger partial charge in [0.15, 0.2) is 6.61 Å². The van der Waals surface area contributed by atoms with Crippen molar-refractivity contribution < 1.29 is 27.4 Å². The van der Waals surface area contributed by atoms with Crippen LogP contribution in [0.2, 0.25) is 0 Å². The van der Waals surface area contributed by atoms with Crippen LogP contribution in [0.5, 0.6) is 5.75 Å². The fourth-order valence-electron chi connectivity index (χ4n) is 3.41. The van der Waals surface area contributed by atoms with Crippen LogP contribution in [-0.2, 0) is 14.8 Å². The predicted octanol–water partition coefficient (Wildman–Crippen LogP) is 5.31. The number of carboxylic acids is 1. The molecule has 1 heterocycles. The minimum absolute atomic E-state index is 0.261. The Kier molecular flexibility index (Phi) is 8.38. The summed E-state index contributed by atoms with van der Waals surface area (Å²) in [6.07, 6.45) is 0.678. The number of thioether (sulfide) groups is 1. The minimum Gasteiger partial charge on any atom is -0.482 e. The van der Waals surface area contributed by atoms with Gasteiger partial charge in [-0.05, 0) is 73.2 Å². The molecule has 0 saturated carbocycles. The van der Waals surface area contributed by atoms with Gasteiger partial charge in [-0.2, -0.15) is 4.31 Å². The number of fused-ring (bicyclic) bond motifs is 1. The Morgan fingerprint density at radius 3 is 2.61 bits per heavy atom. The third kappa shape index (κ3) is 6.06. The van der Waals surface area contributed by atoms with E-state index in [4.69, 9.17) is 9.84 Å². The van der Waals surface area contributed by atoms with Crippen LogP contribution in [0.25, 0.3) is 10.1 Å². The number of aryl methyl sites for hydroxylation is 2. The first kappa shape index (κ1) is 25.5. The van der Waals surface area contributed by atoms with Crippen molar-refractivity contribution in [3.8, 4) is 5.75 Å². The third-order valence-corrected chi connectivity index (χ3v) is 9.75. The summed E-state index contributed by atoms with van der Waals surface area (Å²) in [6, 6.07) is 9.79. The molecule has 0 bridgehead atoms. The van der Waals surface area contributed by atoms with Gasteiger partial charge in [0.25, 0.3) is 10.0 Å². The zero-order chi connectivity index (χ0) is 24.2. The Labute approximate surface area is 201 Å². The van der Waals surface area contributed by atoms with Crippen molar-refractivity contribution in [3.63, 3.8) is 0 Å². The average molecular weight is 512 g/mol. The SMILES string of the molecule is CCCN(CCSc1ccc(OCC(=O)O)c(C)c1)S(=O)(=O)c1sc2ccc(F)cc2c1C. The topological polar surface area (TPSA) is 83.9 Å². The predicted molar refractivity (Wildman–Crippen MR) is 131 cm³/mol. The average Bonchev–Trinajstić information content (AvgIpc) is 3.09. The van der Waals surface area contributed by atoms with E-state index in [-0.39, 0.29) is 10.0 Å². The molecule has 0 aliphatic carbocycles. The van der Waals surface area contributed by atoms with Gasteiger partial charge < -0.3 is 9.84 Å². The summed E-state index contributed by atoms with van der Waals surface area (Å²) in [6.45, 7) is 5.82. The second-order valence-corrected chi connectivity index (χ2v) is 11.9. The van der Waals surface area contributed by atoms with Crippen LogP contribution in [0.1, 0.15) is 24.5 Å². The molecule has 0 aliphatic rings. The number of thiophene rings is 1. The number of carboxylic acid groups (broad SMARTS) is 1. The highest BCUT2D eigenvalue weighted by atomic mass is 32.2. The Balaban J connectivity index is 1.73. The maximum absolute atomic E-state index is 13.7. The maximum Gasteiger partial charge on any atom is 0.341 e. The van der Waals surface area contributed by atoms with E-state index in [1.54, 1.807) is 19.1 Å². The van der Waals surface area contributed by atoms with E-state index in [2.05, 4.69) is 0 Å². The molecule has 0 fully saturated rings. The Morgan fingerprint density at radius 1 is 1.18 bits per heavy atom. The van der Waals surface area contributed by atoms with Crippen molar-refractivity contribution in [2.45, 2.75) is 36.3 Å². The van der Waals surface area contributed by atoms with Gasteiger partial charge in [-0.3, -0.25) is 0 Å². The summed E-state index contributed by atoms with van der Waals surface area (Å²) < 4.78 is 48.3. The molecule has 3 rings (SSSR count). The third-order valence-electron chi connectivity index (χ3n) is 5.01. The smallest absolute Gasteiger partial charge is 0.341 e. The lowest BCUT2D eigenvalue weighted by Crippen LogP contribution is -2.33. The lowest BCUT2D eigenvalue weighted by Gasteiger charge is -2.21. The highest BCUT2D eigenvalue weighted by molar-refractivity contribution is 7.99. The van der Waals surface area contributed by atoms with Crippen molar-refractivity contribution in [3.05, 3.63) is 53.3 Å². The van der Waals surface area contributed by atoms with E-state index >= 15 is 0 Å². The first-order valence-electron chi connectivity index (χ1n) is 10.4. The van der Waals surface area contributed by atoms with E-state index in [1.807, 2.05) is 26.0 Å². The van der Waals surface area contributed by atoms with Crippen LogP contribution >= 0.6 is 23.1 Å².